The van der Waals surface area contributed by atoms with Gasteiger partial charge in [-0.05, 0) is 15.9 Å². The van der Waals surface area contributed by atoms with E-state index in [9.17, 15) is 10.1 Å². The van der Waals surface area contributed by atoms with Crippen LogP contribution in [-0.4, -0.2) is 9.91 Å². The van der Waals surface area contributed by atoms with E-state index in [4.69, 9.17) is 17.3 Å². The third-order valence-electron chi connectivity index (χ3n) is 1.19. The summed E-state index contributed by atoms with van der Waals surface area (Å²) in [5.74, 6) is 0. The standard InChI is InChI=1S/C5H3BrClN3O2/c6-3-4(8)2(10(11)12)1-9-5(3)7/h1H,(H2,8,9). The number of nitrogens with zero attached hydrogens (tertiary/aromatic N) is 2. The molecular formula is C5H3BrClN3O2. The summed E-state index contributed by atoms with van der Waals surface area (Å²) in [7, 11) is 0. The van der Waals surface area contributed by atoms with E-state index < -0.39 is 4.92 Å². The highest BCUT2D eigenvalue weighted by atomic mass is 79.9. The lowest BCUT2D eigenvalue weighted by molar-refractivity contribution is -0.384. The van der Waals surface area contributed by atoms with E-state index >= 15 is 0 Å². The van der Waals surface area contributed by atoms with Crippen molar-refractivity contribution in [2.75, 3.05) is 5.73 Å². The number of hydrogen-bond donors (Lipinski definition) is 1. The van der Waals surface area contributed by atoms with E-state index in [1.165, 1.54) is 0 Å². The predicted octanol–water partition coefficient (Wildman–Crippen LogP) is 1.99. The van der Waals surface area contributed by atoms with Gasteiger partial charge >= 0.3 is 5.69 Å². The van der Waals surface area contributed by atoms with Crippen LogP contribution in [0.3, 0.4) is 0 Å². The highest BCUT2D eigenvalue weighted by Gasteiger charge is 2.16. The Hall–Kier alpha value is -0.880. The van der Waals surface area contributed by atoms with E-state index in [1.54, 1.807) is 0 Å². The number of rotatable bonds is 1. The molecule has 1 aromatic rings. The second-order valence-corrected chi connectivity index (χ2v) is 3.07. The summed E-state index contributed by atoms with van der Waals surface area (Å²) < 4.78 is 0.248. The van der Waals surface area contributed by atoms with Crippen LogP contribution in [0.2, 0.25) is 5.15 Å². The summed E-state index contributed by atoms with van der Waals surface area (Å²) in [4.78, 5) is 13.2. The summed E-state index contributed by atoms with van der Waals surface area (Å²) in [6.07, 6.45) is 1.02. The molecule has 64 valence electrons. The summed E-state index contributed by atoms with van der Waals surface area (Å²) in [5.41, 5.74) is 5.10. The summed E-state index contributed by atoms with van der Waals surface area (Å²) >= 11 is 8.50. The maximum atomic E-state index is 10.3. The van der Waals surface area contributed by atoms with Gasteiger partial charge in [0, 0.05) is 0 Å². The van der Waals surface area contributed by atoms with Crippen molar-refractivity contribution in [3.05, 3.63) is 25.9 Å². The Morgan fingerprint density at radius 1 is 1.75 bits per heavy atom. The number of pyridine rings is 1. The van der Waals surface area contributed by atoms with Crippen LogP contribution in [0.15, 0.2) is 10.7 Å². The molecule has 0 radical (unpaired) electrons. The molecule has 5 nitrogen and oxygen atoms in total. The first kappa shape index (κ1) is 9.21. The third-order valence-corrected chi connectivity index (χ3v) is 2.51. The van der Waals surface area contributed by atoms with Gasteiger partial charge < -0.3 is 5.73 Å². The molecular weight excluding hydrogens is 249 g/mol. The molecule has 2 N–H and O–H groups in total. The third kappa shape index (κ3) is 1.49. The molecule has 0 unspecified atom stereocenters. The quantitative estimate of drug-likeness (QED) is 0.471. The zero-order valence-electron chi connectivity index (χ0n) is 5.62. The minimum atomic E-state index is -0.622. The lowest BCUT2D eigenvalue weighted by Gasteiger charge is -1.99. The van der Waals surface area contributed by atoms with Crippen LogP contribution in [0.1, 0.15) is 0 Å². The fourth-order valence-electron chi connectivity index (χ4n) is 0.613. The number of anilines is 1. The smallest absolute Gasteiger partial charge is 0.311 e. The van der Waals surface area contributed by atoms with Crippen LogP contribution in [0.4, 0.5) is 11.4 Å². The van der Waals surface area contributed by atoms with Crippen molar-refractivity contribution in [3.63, 3.8) is 0 Å². The Bertz CT molecular complexity index is 344. The molecule has 0 fully saturated rings. The lowest BCUT2D eigenvalue weighted by Crippen LogP contribution is -1.98. The summed E-state index contributed by atoms with van der Waals surface area (Å²) in [6.45, 7) is 0. The van der Waals surface area contributed by atoms with Crippen molar-refractivity contribution in [2.45, 2.75) is 0 Å². The Balaban J connectivity index is 3.36. The average Bonchev–Trinajstić information content (AvgIpc) is 2.00. The molecule has 0 saturated carbocycles. The Labute approximate surface area is 80.8 Å². The molecule has 0 atom stereocenters. The van der Waals surface area contributed by atoms with Crippen LogP contribution < -0.4 is 5.73 Å². The van der Waals surface area contributed by atoms with Crippen LogP contribution in [0, 0.1) is 10.1 Å². The van der Waals surface area contributed by atoms with Crippen molar-refractivity contribution in [1.29, 1.82) is 0 Å². The molecule has 0 aliphatic carbocycles. The van der Waals surface area contributed by atoms with Gasteiger partial charge in [0.15, 0.2) is 0 Å². The summed E-state index contributed by atoms with van der Waals surface area (Å²) in [6, 6.07) is 0. The van der Waals surface area contributed by atoms with Crippen molar-refractivity contribution in [2.24, 2.45) is 0 Å². The average molecular weight is 252 g/mol. The van der Waals surface area contributed by atoms with Crippen LogP contribution in [0.25, 0.3) is 0 Å². The van der Waals surface area contributed by atoms with Gasteiger partial charge in [-0.2, -0.15) is 0 Å². The van der Waals surface area contributed by atoms with E-state index in [-0.39, 0.29) is 21.0 Å². The van der Waals surface area contributed by atoms with Gasteiger partial charge in [0.2, 0.25) is 0 Å². The number of nitrogens with two attached hydrogens (primary N) is 1. The molecule has 0 aliphatic heterocycles. The number of nitro groups is 1. The van der Waals surface area contributed by atoms with Crippen LogP contribution in [0.5, 0.6) is 0 Å². The van der Waals surface area contributed by atoms with E-state index in [0.29, 0.717) is 0 Å². The highest BCUT2D eigenvalue weighted by molar-refractivity contribution is 9.10. The number of nitrogen functional groups attached to an aromatic ring is 1. The minimum absolute atomic E-state index is 0.0139. The Kier molecular flexibility index (Phi) is 2.49. The van der Waals surface area contributed by atoms with Crippen molar-refractivity contribution >= 4 is 38.9 Å². The maximum Gasteiger partial charge on any atom is 0.311 e. The first-order chi connectivity index (χ1) is 5.54. The largest absolute Gasteiger partial charge is 0.392 e. The molecule has 0 aromatic carbocycles. The molecule has 7 heteroatoms. The topological polar surface area (TPSA) is 82.0 Å². The van der Waals surface area contributed by atoms with Gasteiger partial charge in [-0.3, -0.25) is 10.1 Å². The zero-order chi connectivity index (χ0) is 9.30. The lowest BCUT2D eigenvalue weighted by atomic mass is 10.4. The fourth-order valence-corrected chi connectivity index (χ4v) is 1.07. The predicted molar refractivity (Wildman–Crippen MR) is 48.0 cm³/mol. The minimum Gasteiger partial charge on any atom is -0.392 e. The van der Waals surface area contributed by atoms with Gasteiger partial charge in [0.25, 0.3) is 0 Å². The van der Waals surface area contributed by atoms with Gasteiger partial charge in [-0.1, -0.05) is 11.6 Å². The molecule has 1 heterocycles. The second kappa shape index (κ2) is 3.24. The molecule has 12 heavy (non-hydrogen) atoms. The number of aromatic nitrogens is 1. The van der Waals surface area contributed by atoms with Crippen LogP contribution in [-0.2, 0) is 0 Å². The van der Waals surface area contributed by atoms with Crippen molar-refractivity contribution in [3.8, 4) is 0 Å². The van der Waals surface area contributed by atoms with Crippen LogP contribution >= 0.6 is 27.5 Å². The second-order valence-electron chi connectivity index (χ2n) is 1.92. The first-order valence-corrected chi connectivity index (χ1v) is 3.95. The number of halogens is 2. The molecule has 0 bridgehead atoms. The molecule has 0 spiro atoms. The van der Waals surface area contributed by atoms with Crippen molar-refractivity contribution in [1.82, 2.24) is 4.98 Å². The molecule has 0 saturated heterocycles. The summed E-state index contributed by atoms with van der Waals surface area (Å²) in [5, 5.41) is 10.4. The zero-order valence-corrected chi connectivity index (χ0v) is 7.96. The first-order valence-electron chi connectivity index (χ1n) is 2.78. The van der Waals surface area contributed by atoms with Gasteiger partial charge in [0.1, 0.15) is 17.0 Å². The highest BCUT2D eigenvalue weighted by Crippen LogP contribution is 2.32. The molecule has 1 aromatic heterocycles. The van der Waals surface area contributed by atoms with Gasteiger partial charge in [-0.15, -0.1) is 0 Å². The fraction of sp³-hybridized carbons (Fsp3) is 0. The number of hydrogen-bond acceptors (Lipinski definition) is 4. The van der Waals surface area contributed by atoms with Gasteiger partial charge in [0.05, 0.1) is 9.40 Å². The van der Waals surface area contributed by atoms with E-state index in [1.807, 2.05) is 0 Å². The Morgan fingerprint density at radius 3 is 2.83 bits per heavy atom. The van der Waals surface area contributed by atoms with Crippen molar-refractivity contribution < 1.29 is 4.92 Å². The molecule has 1 rings (SSSR count). The normalized spacial score (nSPS) is 9.83. The Morgan fingerprint density at radius 2 is 2.33 bits per heavy atom. The van der Waals surface area contributed by atoms with E-state index in [2.05, 4.69) is 20.9 Å². The van der Waals surface area contributed by atoms with E-state index in [0.717, 1.165) is 6.20 Å². The molecule has 0 amide bonds. The van der Waals surface area contributed by atoms with Gasteiger partial charge in [-0.25, -0.2) is 4.98 Å². The monoisotopic (exact) mass is 251 g/mol. The maximum absolute atomic E-state index is 10.3. The molecule has 0 aliphatic rings. The SMILES string of the molecule is Nc1c([N+](=O)[O-])cnc(Cl)c1Br.